The van der Waals surface area contributed by atoms with Crippen LogP contribution >= 0.6 is 0 Å². The molecule has 0 amide bonds. The molecule has 1 aromatic rings. The topological polar surface area (TPSA) is 18.5 Å². The van der Waals surface area contributed by atoms with Crippen LogP contribution in [0.25, 0.3) is 6.08 Å². The molecule has 2 heteroatoms. The molecule has 18 heavy (non-hydrogen) atoms. The largest absolute Gasteiger partial charge is 0.348 e. The molecule has 0 unspecified atom stereocenters. The number of rotatable bonds is 4. The number of benzene rings is 1. The maximum Gasteiger partial charge on any atom is 0.177 e. The molecule has 0 radical (unpaired) electrons. The van der Waals surface area contributed by atoms with Gasteiger partial charge in [-0.1, -0.05) is 50.3 Å². The Hall–Kier alpha value is -1.12. The van der Waals surface area contributed by atoms with E-state index >= 15 is 0 Å². The number of hydrogen-bond donors (Lipinski definition) is 0. The molecule has 1 saturated heterocycles. The molecule has 1 fully saturated rings. The average molecular weight is 246 g/mol. The molecule has 0 aliphatic carbocycles. The monoisotopic (exact) mass is 246 g/mol. The summed E-state index contributed by atoms with van der Waals surface area (Å²) in [5, 5.41) is 0. The lowest BCUT2D eigenvalue weighted by Crippen LogP contribution is -2.40. The molecule has 1 aliphatic rings. The molecule has 98 valence electrons. The van der Waals surface area contributed by atoms with Crippen molar-refractivity contribution in [2.75, 3.05) is 13.2 Å². The van der Waals surface area contributed by atoms with Crippen molar-refractivity contribution in [3.05, 3.63) is 42.0 Å². The van der Waals surface area contributed by atoms with Crippen molar-refractivity contribution in [2.24, 2.45) is 5.41 Å². The first-order valence-electron chi connectivity index (χ1n) is 6.74. The molecular weight excluding hydrogens is 224 g/mol. The van der Waals surface area contributed by atoms with Crippen LogP contribution < -0.4 is 0 Å². The fourth-order valence-corrected chi connectivity index (χ4v) is 2.13. The fourth-order valence-electron chi connectivity index (χ4n) is 2.13. The van der Waals surface area contributed by atoms with Gasteiger partial charge in [0.15, 0.2) is 6.29 Å². The molecule has 2 rings (SSSR count). The third-order valence-corrected chi connectivity index (χ3v) is 3.85. The van der Waals surface area contributed by atoms with Crippen molar-refractivity contribution in [2.45, 2.75) is 33.0 Å². The van der Waals surface area contributed by atoms with E-state index in [4.69, 9.17) is 9.47 Å². The summed E-state index contributed by atoms with van der Waals surface area (Å²) in [6.07, 6.45) is 6.06. The molecule has 0 saturated carbocycles. The van der Waals surface area contributed by atoms with E-state index in [9.17, 15) is 0 Å². The van der Waals surface area contributed by atoms with Crippen molar-refractivity contribution >= 4 is 6.08 Å². The van der Waals surface area contributed by atoms with Crippen LogP contribution in [0.3, 0.4) is 0 Å². The lowest BCUT2D eigenvalue weighted by Gasteiger charge is -2.38. The van der Waals surface area contributed by atoms with Crippen molar-refractivity contribution in [1.82, 2.24) is 0 Å². The Morgan fingerprint density at radius 1 is 1.11 bits per heavy atom. The smallest absolute Gasteiger partial charge is 0.177 e. The predicted molar refractivity (Wildman–Crippen MR) is 74.2 cm³/mol. The van der Waals surface area contributed by atoms with E-state index in [1.165, 1.54) is 5.56 Å². The quantitative estimate of drug-likeness (QED) is 0.802. The number of ether oxygens (including phenoxy) is 2. The van der Waals surface area contributed by atoms with Gasteiger partial charge in [-0.2, -0.15) is 0 Å². The van der Waals surface area contributed by atoms with Crippen molar-refractivity contribution in [1.29, 1.82) is 0 Å². The summed E-state index contributed by atoms with van der Waals surface area (Å²) in [7, 11) is 0. The lowest BCUT2D eigenvalue weighted by molar-refractivity contribution is -0.208. The van der Waals surface area contributed by atoms with Crippen LogP contribution in [0.15, 0.2) is 36.4 Å². The van der Waals surface area contributed by atoms with Gasteiger partial charge < -0.3 is 9.47 Å². The van der Waals surface area contributed by atoms with E-state index in [1.807, 2.05) is 24.3 Å². The highest BCUT2D eigenvalue weighted by atomic mass is 16.7. The molecule has 0 N–H and O–H groups in total. The van der Waals surface area contributed by atoms with Crippen LogP contribution in [-0.4, -0.2) is 19.5 Å². The predicted octanol–water partition coefficient (Wildman–Crippen LogP) is 3.88. The van der Waals surface area contributed by atoms with Gasteiger partial charge in [0.2, 0.25) is 0 Å². The summed E-state index contributed by atoms with van der Waals surface area (Å²) in [5.74, 6) is 0. The van der Waals surface area contributed by atoms with Gasteiger partial charge in [0.05, 0.1) is 13.2 Å². The van der Waals surface area contributed by atoms with Gasteiger partial charge in [0, 0.05) is 5.41 Å². The van der Waals surface area contributed by atoms with Crippen molar-refractivity contribution in [3.8, 4) is 0 Å². The van der Waals surface area contributed by atoms with Gasteiger partial charge in [-0.05, 0) is 24.5 Å². The van der Waals surface area contributed by atoms with Crippen LogP contribution in [0.2, 0.25) is 0 Å². The second kappa shape index (κ2) is 6.17. The lowest BCUT2D eigenvalue weighted by atomic mass is 9.84. The van der Waals surface area contributed by atoms with Crippen LogP contribution in [0.5, 0.6) is 0 Å². The Balaban J connectivity index is 1.89. The minimum absolute atomic E-state index is 0.198. The van der Waals surface area contributed by atoms with Gasteiger partial charge in [-0.25, -0.2) is 0 Å². The summed E-state index contributed by atoms with van der Waals surface area (Å²) in [4.78, 5) is 0. The zero-order valence-electron chi connectivity index (χ0n) is 11.3. The average Bonchev–Trinajstić information content (AvgIpc) is 2.47. The molecule has 0 bridgehead atoms. The zero-order chi connectivity index (χ0) is 12.8. The Kier molecular flexibility index (Phi) is 4.56. The molecular formula is C16H22O2. The minimum Gasteiger partial charge on any atom is -0.348 e. The zero-order valence-corrected chi connectivity index (χ0v) is 11.3. The van der Waals surface area contributed by atoms with Crippen molar-refractivity contribution < 1.29 is 9.47 Å². The Morgan fingerprint density at radius 3 is 2.28 bits per heavy atom. The molecule has 2 nitrogen and oxygen atoms in total. The summed E-state index contributed by atoms with van der Waals surface area (Å²) in [6, 6.07) is 10.2. The molecule has 0 atom stereocenters. The van der Waals surface area contributed by atoms with Crippen LogP contribution in [0.4, 0.5) is 0 Å². The Bertz CT molecular complexity index is 369. The summed E-state index contributed by atoms with van der Waals surface area (Å²) < 4.78 is 11.6. The molecule has 1 aliphatic heterocycles. The first-order chi connectivity index (χ1) is 8.78. The standard InChI is InChI=1S/C16H22O2/c1-3-16(4-2)12-17-15(18-13-16)11-10-14-8-6-5-7-9-14/h5-11,15H,3-4,12-13H2,1-2H3. The van der Waals surface area contributed by atoms with Crippen LogP contribution in [0, 0.1) is 5.41 Å². The van der Waals surface area contributed by atoms with Gasteiger partial charge in [-0.15, -0.1) is 0 Å². The second-order valence-electron chi connectivity index (χ2n) is 4.97. The van der Waals surface area contributed by atoms with E-state index in [0.29, 0.717) is 0 Å². The first-order valence-corrected chi connectivity index (χ1v) is 6.74. The first kappa shape index (κ1) is 13.3. The summed E-state index contributed by atoms with van der Waals surface area (Å²) >= 11 is 0. The fraction of sp³-hybridized carbons (Fsp3) is 0.500. The third-order valence-electron chi connectivity index (χ3n) is 3.85. The molecule has 0 aromatic heterocycles. The highest BCUT2D eigenvalue weighted by molar-refractivity contribution is 5.48. The van der Waals surface area contributed by atoms with Crippen molar-refractivity contribution in [3.63, 3.8) is 0 Å². The second-order valence-corrected chi connectivity index (χ2v) is 4.97. The van der Waals surface area contributed by atoms with E-state index in [-0.39, 0.29) is 11.7 Å². The minimum atomic E-state index is -0.198. The highest BCUT2D eigenvalue weighted by Gasteiger charge is 2.32. The van der Waals surface area contributed by atoms with Gasteiger partial charge in [0.25, 0.3) is 0 Å². The maximum absolute atomic E-state index is 5.79. The highest BCUT2D eigenvalue weighted by Crippen LogP contribution is 2.31. The Labute approximate surface area is 110 Å². The molecule has 0 spiro atoms. The summed E-state index contributed by atoms with van der Waals surface area (Å²) in [6.45, 7) is 6.00. The van der Waals surface area contributed by atoms with Gasteiger partial charge in [-0.3, -0.25) is 0 Å². The number of hydrogen-bond acceptors (Lipinski definition) is 2. The Morgan fingerprint density at radius 2 is 1.72 bits per heavy atom. The van der Waals surface area contributed by atoms with Crippen LogP contribution in [0.1, 0.15) is 32.3 Å². The summed E-state index contributed by atoms with van der Waals surface area (Å²) in [5.41, 5.74) is 1.39. The van der Waals surface area contributed by atoms with E-state index in [2.05, 4.69) is 32.1 Å². The maximum atomic E-state index is 5.79. The SMILES string of the molecule is CCC1(CC)COC(C=Cc2ccccc2)OC1. The third kappa shape index (κ3) is 3.21. The normalized spacial score (nSPS) is 20.3. The van der Waals surface area contributed by atoms with Gasteiger partial charge >= 0.3 is 0 Å². The van der Waals surface area contributed by atoms with E-state index in [1.54, 1.807) is 0 Å². The van der Waals surface area contributed by atoms with Gasteiger partial charge in [0.1, 0.15) is 0 Å². The van der Waals surface area contributed by atoms with E-state index in [0.717, 1.165) is 26.1 Å². The molecule has 1 heterocycles. The van der Waals surface area contributed by atoms with Crippen LogP contribution in [-0.2, 0) is 9.47 Å². The van der Waals surface area contributed by atoms with E-state index < -0.39 is 0 Å². The molecule has 1 aromatic carbocycles.